The summed E-state index contributed by atoms with van der Waals surface area (Å²) in [5.74, 6) is -0.897. The van der Waals surface area contributed by atoms with Crippen LogP contribution in [0.4, 0.5) is 0 Å². The Hall–Kier alpha value is -2.63. The number of hydrogen-bond donors (Lipinski definition) is 0. The lowest BCUT2D eigenvalue weighted by molar-refractivity contribution is -0.167. The lowest BCUT2D eigenvalue weighted by Gasteiger charge is -2.18. The van der Waals surface area contributed by atoms with Crippen molar-refractivity contribution >= 4 is 17.9 Å². The van der Waals surface area contributed by atoms with Gasteiger partial charge in [-0.15, -0.1) is 0 Å². The third-order valence-corrected chi connectivity index (χ3v) is 12.8. The molecule has 67 heavy (non-hydrogen) atoms. The van der Waals surface area contributed by atoms with Gasteiger partial charge in [-0.2, -0.15) is 0 Å². The van der Waals surface area contributed by atoms with E-state index in [-0.39, 0.29) is 31.1 Å². The maximum atomic E-state index is 12.8. The topological polar surface area (TPSA) is 78.9 Å². The number of allylic oxidation sites excluding steroid dienone is 8. The Morgan fingerprint density at radius 1 is 0.313 bits per heavy atom. The second-order valence-corrected chi connectivity index (χ2v) is 19.5. The summed E-state index contributed by atoms with van der Waals surface area (Å²) in [7, 11) is 0. The Labute approximate surface area is 416 Å². The Morgan fingerprint density at radius 3 is 0.910 bits per heavy atom. The molecule has 0 aliphatic rings. The first-order valence-corrected chi connectivity index (χ1v) is 29.1. The van der Waals surface area contributed by atoms with Crippen LogP contribution in [0, 0.1) is 0 Å². The normalized spacial score (nSPS) is 12.3. The van der Waals surface area contributed by atoms with E-state index in [0.717, 1.165) is 96.3 Å². The van der Waals surface area contributed by atoms with Crippen LogP contribution >= 0.6 is 0 Å². The molecule has 0 rings (SSSR count). The van der Waals surface area contributed by atoms with E-state index >= 15 is 0 Å². The Morgan fingerprint density at radius 2 is 0.582 bits per heavy atom. The molecule has 390 valence electrons. The zero-order chi connectivity index (χ0) is 48.6. The van der Waals surface area contributed by atoms with E-state index in [0.29, 0.717) is 19.3 Å². The number of hydrogen-bond acceptors (Lipinski definition) is 6. The molecule has 0 radical (unpaired) electrons. The maximum Gasteiger partial charge on any atom is 0.306 e. The van der Waals surface area contributed by atoms with Crippen LogP contribution in [0.3, 0.4) is 0 Å². The number of unbranched alkanes of at least 4 members (excludes halogenated alkanes) is 34. The van der Waals surface area contributed by atoms with Crippen molar-refractivity contribution in [3.63, 3.8) is 0 Å². The smallest absolute Gasteiger partial charge is 0.306 e. The summed E-state index contributed by atoms with van der Waals surface area (Å²) in [5.41, 5.74) is 0. The second kappa shape index (κ2) is 56.0. The first-order valence-electron chi connectivity index (χ1n) is 29.1. The minimum Gasteiger partial charge on any atom is -0.462 e. The van der Waals surface area contributed by atoms with Gasteiger partial charge >= 0.3 is 17.9 Å². The maximum absolute atomic E-state index is 12.8. The third-order valence-electron chi connectivity index (χ3n) is 12.8. The van der Waals surface area contributed by atoms with Gasteiger partial charge in [0.1, 0.15) is 13.2 Å². The molecule has 1 unspecified atom stereocenters. The fourth-order valence-electron chi connectivity index (χ4n) is 8.49. The van der Waals surface area contributed by atoms with Crippen molar-refractivity contribution in [1.82, 2.24) is 0 Å². The molecule has 0 heterocycles. The van der Waals surface area contributed by atoms with Crippen molar-refractivity contribution in [2.45, 2.75) is 309 Å². The summed E-state index contributed by atoms with van der Waals surface area (Å²) in [5, 5.41) is 0. The van der Waals surface area contributed by atoms with Crippen LogP contribution in [0.25, 0.3) is 0 Å². The Balaban J connectivity index is 4.13. The van der Waals surface area contributed by atoms with Gasteiger partial charge < -0.3 is 14.2 Å². The molecule has 0 N–H and O–H groups in total. The van der Waals surface area contributed by atoms with Gasteiger partial charge in [-0.25, -0.2) is 0 Å². The van der Waals surface area contributed by atoms with Crippen LogP contribution in [0.2, 0.25) is 0 Å². The first-order chi connectivity index (χ1) is 33.0. The van der Waals surface area contributed by atoms with Crippen molar-refractivity contribution in [1.29, 1.82) is 0 Å². The molecule has 0 aromatic rings. The Kier molecular flexibility index (Phi) is 53.8. The van der Waals surface area contributed by atoms with Crippen molar-refractivity contribution in [3.05, 3.63) is 48.6 Å². The molecule has 1 atom stereocenters. The number of carbonyl (C=O) groups is 3. The zero-order valence-corrected chi connectivity index (χ0v) is 44.7. The summed E-state index contributed by atoms with van der Waals surface area (Å²) < 4.78 is 16.8. The summed E-state index contributed by atoms with van der Waals surface area (Å²) in [6, 6.07) is 0. The van der Waals surface area contributed by atoms with Crippen molar-refractivity contribution in [2.75, 3.05) is 13.2 Å². The van der Waals surface area contributed by atoms with E-state index in [9.17, 15) is 14.4 Å². The average Bonchev–Trinajstić information content (AvgIpc) is 3.33. The third kappa shape index (κ3) is 54.2. The highest BCUT2D eigenvalue weighted by Gasteiger charge is 2.19. The molecular formula is C61H110O6. The number of ether oxygens (including phenoxy) is 3. The summed E-state index contributed by atoms with van der Waals surface area (Å²) >= 11 is 0. The molecule has 0 aromatic heterocycles. The van der Waals surface area contributed by atoms with Crippen molar-refractivity contribution < 1.29 is 28.6 Å². The predicted molar refractivity (Wildman–Crippen MR) is 289 cm³/mol. The summed E-state index contributed by atoms with van der Waals surface area (Å²) in [6.07, 6.45) is 68.5. The monoisotopic (exact) mass is 939 g/mol. The molecule has 6 heteroatoms. The van der Waals surface area contributed by atoms with Gasteiger partial charge in [0, 0.05) is 19.3 Å². The number of carbonyl (C=O) groups excluding carboxylic acids is 3. The van der Waals surface area contributed by atoms with E-state index in [1.807, 2.05) is 0 Å². The summed E-state index contributed by atoms with van der Waals surface area (Å²) in [4.78, 5) is 37.9. The van der Waals surface area contributed by atoms with E-state index in [1.54, 1.807) is 0 Å². The second-order valence-electron chi connectivity index (χ2n) is 19.5. The average molecular weight is 940 g/mol. The van der Waals surface area contributed by atoms with E-state index in [1.165, 1.54) is 167 Å². The molecule has 0 saturated carbocycles. The highest BCUT2D eigenvalue weighted by molar-refractivity contribution is 5.71. The highest BCUT2D eigenvalue weighted by atomic mass is 16.6. The predicted octanol–water partition coefficient (Wildman–Crippen LogP) is 19.4. The van der Waals surface area contributed by atoms with Crippen LogP contribution in [-0.4, -0.2) is 37.2 Å². The number of esters is 3. The van der Waals surface area contributed by atoms with E-state index < -0.39 is 6.10 Å². The van der Waals surface area contributed by atoms with Gasteiger partial charge in [-0.05, 0) is 57.8 Å². The standard InChI is InChI=1S/C61H110O6/c1-4-7-10-13-16-18-20-22-24-26-27-28-29-30-31-32-33-35-36-38-40-42-45-48-51-54-60(63)66-57-58(56-65-59(62)53-50-47-44-15-12-9-6-3)67-61(64)55-52-49-46-43-41-39-37-34-25-23-21-19-17-14-11-8-5-2/h8,11,17,19,23,25,37,39,58H,4-7,9-10,12-16,18,20-22,24,26-36,38,40-57H2,1-3H3/b11-8-,19-17-,25-23-,39-37-. The van der Waals surface area contributed by atoms with Gasteiger partial charge in [-0.1, -0.05) is 275 Å². The first kappa shape index (κ1) is 64.4. The van der Waals surface area contributed by atoms with Crippen LogP contribution in [-0.2, 0) is 28.6 Å². The molecule has 0 spiro atoms. The quantitative estimate of drug-likeness (QED) is 0.0262. The van der Waals surface area contributed by atoms with Gasteiger partial charge in [-0.3, -0.25) is 14.4 Å². The lowest BCUT2D eigenvalue weighted by Crippen LogP contribution is -2.30. The molecule has 0 saturated heterocycles. The molecule has 0 aliphatic heterocycles. The van der Waals surface area contributed by atoms with Crippen LogP contribution in [0.1, 0.15) is 303 Å². The fourth-order valence-corrected chi connectivity index (χ4v) is 8.49. The minimum absolute atomic E-state index is 0.0798. The minimum atomic E-state index is -0.781. The Bertz CT molecular complexity index is 1170. The van der Waals surface area contributed by atoms with Crippen LogP contribution in [0.15, 0.2) is 48.6 Å². The van der Waals surface area contributed by atoms with Gasteiger partial charge in [0.15, 0.2) is 6.10 Å². The molecule has 0 aliphatic carbocycles. The van der Waals surface area contributed by atoms with Gasteiger partial charge in [0.2, 0.25) is 0 Å². The largest absolute Gasteiger partial charge is 0.462 e. The summed E-state index contributed by atoms with van der Waals surface area (Å²) in [6.45, 7) is 6.50. The van der Waals surface area contributed by atoms with Gasteiger partial charge in [0.05, 0.1) is 0 Å². The molecule has 0 fully saturated rings. The van der Waals surface area contributed by atoms with E-state index in [2.05, 4.69) is 69.4 Å². The van der Waals surface area contributed by atoms with E-state index in [4.69, 9.17) is 14.2 Å². The molecule has 0 amide bonds. The molecule has 0 aromatic carbocycles. The van der Waals surface area contributed by atoms with Gasteiger partial charge in [0.25, 0.3) is 0 Å². The van der Waals surface area contributed by atoms with Crippen molar-refractivity contribution in [3.8, 4) is 0 Å². The number of rotatable bonds is 53. The highest BCUT2D eigenvalue weighted by Crippen LogP contribution is 2.17. The van der Waals surface area contributed by atoms with Crippen LogP contribution in [0.5, 0.6) is 0 Å². The fraction of sp³-hybridized carbons (Fsp3) is 0.820. The molecule has 6 nitrogen and oxygen atoms in total. The zero-order valence-electron chi connectivity index (χ0n) is 44.7. The van der Waals surface area contributed by atoms with Crippen molar-refractivity contribution in [2.24, 2.45) is 0 Å². The molecule has 0 bridgehead atoms. The molecular weight excluding hydrogens is 829 g/mol. The van der Waals surface area contributed by atoms with Crippen LogP contribution < -0.4 is 0 Å². The lowest BCUT2D eigenvalue weighted by atomic mass is 10.0. The SMILES string of the molecule is CC/C=C\C/C=C\C/C=C\C/C=C\CCCCCCC(=O)OC(COC(=O)CCCCCCCCC)COC(=O)CCCCCCCCCCCCCCCCCCCCCCCCCCC.